The van der Waals surface area contributed by atoms with Gasteiger partial charge >= 0.3 is 0 Å². The molecule has 5 nitrogen and oxygen atoms in total. The smallest absolute Gasteiger partial charge is 0.266 e. The molecular weight excluding hydrogens is 534 g/mol. The van der Waals surface area contributed by atoms with E-state index < -0.39 is 0 Å². The van der Waals surface area contributed by atoms with Gasteiger partial charge in [-0.05, 0) is 54.8 Å². The Hall–Kier alpha value is -3.39. The number of benzene rings is 3. The van der Waals surface area contributed by atoms with Crippen LogP contribution in [0.25, 0.3) is 23.0 Å². The van der Waals surface area contributed by atoms with E-state index in [1.54, 1.807) is 4.90 Å². The van der Waals surface area contributed by atoms with Crippen LogP contribution in [0.2, 0.25) is 5.02 Å². The first-order valence-electron chi connectivity index (χ1n) is 12.4. The Morgan fingerprint density at radius 3 is 2.50 bits per heavy atom. The minimum absolute atomic E-state index is 0.0873. The van der Waals surface area contributed by atoms with Crippen LogP contribution in [0.5, 0.6) is 5.75 Å². The fourth-order valence-electron chi connectivity index (χ4n) is 4.13. The number of thioether (sulfide) groups is 1. The Bertz CT molecular complexity index is 1490. The maximum Gasteiger partial charge on any atom is 0.266 e. The van der Waals surface area contributed by atoms with Crippen LogP contribution in [0.1, 0.15) is 24.5 Å². The van der Waals surface area contributed by atoms with Crippen LogP contribution < -0.4 is 4.74 Å². The van der Waals surface area contributed by atoms with Gasteiger partial charge in [-0.3, -0.25) is 9.69 Å². The van der Waals surface area contributed by atoms with Crippen LogP contribution in [-0.2, 0) is 11.2 Å². The van der Waals surface area contributed by atoms with Crippen LogP contribution in [0.15, 0.2) is 90.0 Å². The number of hydrogen-bond donors (Lipinski definition) is 0. The van der Waals surface area contributed by atoms with E-state index in [1.165, 1.54) is 17.3 Å². The fraction of sp³-hybridized carbons (Fsp3) is 0.167. The predicted octanol–water partition coefficient (Wildman–Crippen LogP) is 7.43. The van der Waals surface area contributed by atoms with Crippen molar-refractivity contribution < 1.29 is 9.53 Å². The zero-order valence-electron chi connectivity index (χ0n) is 20.8. The molecule has 0 N–H and O–H groups in total. The number of amides is 1. The third-order valence-electron chi connectivity index (χ3n) is 6.06. The maximum atomic E-state index is 13.3. The first-order valence-corrected chi connectivity index (χ1v) is 14.0. The normalized spacial score (nSPS) is 14.5. The van der Waals surface area contributed by atoms with Gasteiger partial charge in [-0.1, -0.05) is 91.0 Å². The molecule has 1 saturated heterocycles. The van der Waals surface area contributed by atoms with Crippen LogP contribution >= 0.6 is 35.6 Å². The molecule has 0 radical (unpaired) electrons. The summed E-state index contributed by atoms with van der Waals surface area (Å²) in [4.78, 5) is 15.6. The zero-order valence-corrected chi connectivity index (χ0v) is 23.2. The van der Waals surface area contributed by atoms with Crippen molar-refractivity contribution in [2.75, 3.05) is 13.2 Å². The number of aromatic nitrogens is 2. The molecule has 0 atom stereocenters. The average molecular weight is 560 g/mol. The van der Waals surface area contributed by atoms with Crippen LogP contribution in [0.4, 0.5) is 0 Å². The standard InChI is InChI=1S/C30H26ClN3O2S2/c1-2-17-36-26-14-13-22(18-25(26)31)28-23(20-34(32-28)24-11-7-4-8-12-24)19-27-29(35)33(30(37)38-27)16-15-21-9-5-3-6-10-21/h3-14,18-20H,2,15-17H2,1H3/b27-19-. The molecule has 1 aromatic heterocycles. The lowest BCUT2D eigenvalue weighted by Gasteiger charge is -2.14. The van der Waals surface area contributed by atoms with E-state index >= 15 is 0 Å². The van der Waals surface area contributed by atoms with Gasteiger partial charge in [0.15, 0.2) is 0 Å². The molecule has 0 unspecified atom stereocenters. The van der Waals surface area contributed by atoms with Crippen LogP contribution in [0, 0.1) is 0 Å². The summed E-state index contributed by atoms with van der Waals surface area (Å²) in [5.74, 6) is 0.552. The molecular formula is C30H26ClN3O2S2. The van der Waals surface area contributed by atoms with Gasteiger partial charge in [0, 0.05) is 23.9 Å². The van der Waals surface area contributed by atoms with Crippen molar-refractivity contribution in [3.63, 3.8) is 0 Å². The van der Waals surface area contributed by atoms with Gasteiger partial charge in [-0.2, -0.15) is 5.10 Å². The summed E-state index contributed by atoms with van der Waals surface area (Å²) in [5.41, 5.74) is 4.43. The molecule has 1 fully saturated rings. The molecule has 0 bridgehead atoms. The third kappa shape index (κ3) is 5.85. The minimum Gasteiger partial charge on any atom is -0.492 e. The summed E-state index contributed by atoms with van der Waals surface area (Å²) in [5, 5.41) is 5.39. The maximum absolute atomic E-state index is 13.3. The molecule has 0 spiro atoms. The first-order chi connectivity index (χ1) is 18.5. The fourth-order valence-corrected chi connectivity index (χ4v) is 5.66. The Morgan fingerprint density at radius 1 is 1.05 bits per heavy atom. The summed E-state index contributed by atoms with van der Waals surface area (Å²) in [6.07, 6.45) is 5.44. The summed E-state index contributed by atoms with van der Waals surface area (Å²) in [7, 11) is 0. The van der Waals surface area contributed by atoms with E-state index in [0.29, 0.717) is 38.8 Å². The Morgan fingerprint density at radius 2 is 1.79 bits per heavy atom. The second-order valence-corrected chi connectivity index (χ2v) is 10.9. The second-order valence-electron chi connectivity index (χ2n) is 8.78. The number of carbonyl (C=O) groups excluding carboxylic acids is 1. The van der Waals surface area contributed by atoms with Crippen molar-refractivity contribution in [1.82, 2.24) is 14.7 Å². The van der Waals surface area contributed by atoms with E-state index in [4.69, 9.17) is 33.7 Å². The van der Waals surface area contributed by atoms with Gasteiger partial charge in [0.05, 0.1) is 22.2 Å². The summed E-state index contributed by atoms with van der Waals surface area (Å²) >= 11 is 13.4. The Kier molecular flexibility index (Phi) is 8.27. The number of halogens is 1. The lowest BCUT2D eigenvalue weighted by Crippen LogP contribution is -2.30. The first kappa shape index (κ1) is 26.2. The second kappa shape index (κ2) is 12.0. The highest BCUT2D eigenvalue weighted by Gasteiger charge is 2.32. The van der Waals surface area contributed by atoms with Crippen molar-refractivity contribution in [2.24, 2.45) is 0 Å². The molecule has 8 heteroatoms. The van der Waals surface area contributed by atoms with E-state index in [0.717, 1.165) is 29.7 Å². The van der Waals surface area contributed by atoms with Crippen molar-refractivity contribution in [3.8, 4) is 22.7 Å². The van der Waals surface area contributed by atoms with E-state index in [1.807, 2.05) is 83.7 Å². The van der Waals surface area contributed by atoms with Gasteiger partial charge in [-0.25, -0.2) is 4.68 Å². The van der Waals surface area contributed by atoms with Gasteiger partial charge in [0.1, 0.15) is 15.8 Å². The molecule has 2 heterocycles. The number of thiocarbonyl (C=S) groups is 1. The minimum atomic E-state index is -0.0873. The Labute approximate surface area is 237 Å². The number of nitrogens with zero attached hydrogens (tertiary/aromatic N) is 3. The average Bonchev–Trinajstić information content (AvgIpc) is 3.48. The molecule has 0 saturated carbocycles. The quantitative estimate of drug-likeness (QED) is 0.158. The van der Waals surface area contributed by atoms with Gasteiger partial charge in [0.2, 0.25) is 0 Å². The predicted molar refractivity (Wildman–Crippen MR) is 160 cm³/mol. The highest BCUT2D eigenvalue weighted by Crippen LogP contribution is 2.36. The largest absolute Gasteiger partial charge is 0.492 e. The number of carbonyl (C=O) groups is 1. The van der Waals surface area contributed by atoms with Crippen LogP contribution in [-0.4, -0.2) is 38.1 Å². The van der Waals surface area contributed by atoms with Crippen molar-refractivity contribution in [1.29, 1.82) is 0 Å². The highest BCUT2D eigenvalue weighted by atomic mass is 35.5. The monoisotopic (exact) mass is 559 g/mol. The van der Waals surface area contributed by atoms with E-state index in [-0.39, 0.29) is 5.91 Å². The third-order valence-corrected chi connectivity index (χ3v) is 7.73. The van der Waals surface area contributed by atoms with Crippen LogP contribution in [0.3, 0.4) is 0 Å². The molecule has 1 amide bonds. The van der Waals surface area contributed by atoms with Gasteiger partial charge in [0.25, 0.3) is 5.91 Å². The zero-order chi connectivity index (χ0) is 26.5. The van der Waals surface area contributed by atoms with Crippen molar-refractivity contribution in [3.05, 3.63) is 106 Å². The summed E-state index contributed by atoms with van der Waals surface area (Å²) in [6.45, 7) is 3.19. The molecule has 5 rings (SSSR count). The lowest BCUT2D eigenvalue weighted by molar-refractivity contribution is -0.122. The van der Waals surface area contributed by atoms with E-state index in [9.17, 15) is 4.79 Å². The topological polar surface area (TPSA) is 47.4 Å². The van der Waals surface area contributed by atoms with Crippen molar-refractivity contribution >= 4 is 51.9 Å². The molecule has 0 aliphatic carbocycles. The molecule has 1 aliphatic rings. The summed E-state index contributed by atoms with van der Waals surface area (Å²) < 4.78 is 8.12. The SMILES string of the molecule is CCCOc1ccc(-c2nn(-c3ccccc3)cc2/C=C2\SC(=S)N(CCc3ccccc3)C2=O)cc1Cl. The Balaban J connectivity index is 1.47. The number of ether oxygens (including phenoxy) is 1. The van der Waals surface area contributed by atoms with E-state index in [2.05, 4.69) is 19.1 Å². The molecule has 1 aliphatic heterocycles. The summed E-state index contributed by atoms with van der Waals surface area (Å²) in [6, 6.07) is 25.6. The van der Waals surface area contributed by atoms with Gasteiger partial charge < -0.3 is 4.74 Å². The molecule has 3 aromatic carbocycles. The number of hydrogen-bond acceptors (Lipinski definition) is 5. The van der Waals surface area contributed by atoms with Gasteiger partial charge in [-0.15, -0.1) is 0 Å². The lowest BCUT2D eigenvalue weighted by atomic mass is 10.1. The molecule has 38 heavy (non-hydrogen) atoms. The number of rotatable bonds is 9. The molecule has 4 aromatic rings. The number of para-hydroxylation sites is 1. The highest BCUT2D eigenvalue weighted by molar-refractivity contribution is 8.26. The van der Waals surface area contributed by atoms with Crippen molar-refractivity contribution in [2.45, 2.75) is 19.8 Å². The molecule has 192 valence electrons.